The number of hydrogen-bond donors (Lipinski definition) is 1. The summed E-state index contributed by atoms with van der Waals surface area (Å²) in [6, 6.07) is 12.6. The summed E-state index contributed by atoms with van der Waals surface area (Å²) < 4.78 is 14.0. The van der Waals surface area contributed by atoms with Crippen molar-refractivity contribution < 1.29 is 14.0 Å². The standard InChI is InChI=1S/C22H26ClFN2O2/c1-4-20(22(28)25-15(2)3)26(14-16-9-11-18(23)12-10-16)21(27)13-17-7-5-6-8-19(17)24/h5-12,15,20H,4,13-14H2,1-3H3,(H,25,28). The van der Waals surface area contributed by atoms with Crippen molar-refractivity contribution in [2.24, 2.45) is 0 Å². The summed E-state index contributed by atoms with van der Waals surface area (Å²) in [4.78, 5) is 27.3. The van der Waals surface area contributed by atoms with Crippen molar-refractivity contribution in [1.29, 1.82) is 0 Å². The third kappa shape index (κ3) is 6.06. The first-order valence-corrected chi connectivity index (χ1v) is 9.77. The van der Waals surface area contributed by atoms with E-state index in [1.807, 2.05) is 32.9 Å². The molecule has 4 nitrogen and oxygen atoms in total. The van der Waals surface area contributed by atoms with E-state index in [1.54, 1.807) is 30.3 Å². The van der Waals surface area contributed by atoms with E-state index >= 15 is 0 Å². The Kier molecular flexibility index (Phi) is 8.00. The molecule has 0 aliphatic carbocycles. The number of rotatable bonds is 8. The van der Waals surface area contributed by atoms with Gasteiger partial charge >= 0.3 is 0 Å². The van der Waals surface area contributed by atoms with Crippen LogP contribution in [0.1, 0.15) is 38.3 Å². The smallest absolute Gasteiger partial charge is 0.243 e. The molecule has 150 valence electrons. The molecule has 1 N–H and O–H groups in total. The Morgan fingerprint density at radius 3 is 2.32 bits per heavy atom. The minimum Gasteiger partial charge on any atom is -0.352 e. The van der Waals surface area contributed by atoms with Crippen LogP contribution in [0.3, 0.4) is 0 Å². The van der Waals surface area contributed by atoms with E-state index < -0.39 is 11.9 Å². The van der Waals surface area contributed by atoms with E-state index in [1.165, 1.54) is 11.0 Å². The van der Waals surface area contributed by atoms with Crippen LogP contribution in [0.4, 0.5) is 4.39 Å². The van der Waals surface area contributed by atoms with Crippen LogP contribution < -0.4 is 5.32 Å². The fourth-order valence-corrected chi connectivity index (χ4v) is 3.12. The second-order valence-electron chi connectivity index (χ2n) is 7.00. The highest BCUT2D eigenvalue weighted by atomic mass is 35.5. The lowest BCUT2D eigenvalue weighted by molar-refractivity contribution is -0.141. The quantitative estimate of drug-likeness (QED) is 0.710. The molecule has 0 aliphatic rings. The number of halogens is 2. The molecule has 2 rings (SSSR count). The summed E-state index contributed by atoms with van der Waals surface area (Å²) in [5, 5.41) is 3.47. The number of amides is 2. The van der Waals surface area contributed by atoms with E-state index in [-0.39, 0.29) is 30.8 Å². The van der Waals surface area contributed by atoms with Crippen molar-refractivity contribution in [2.75, 3.05) is 0 Å². The highest BCUT2D eigenvalue weighted by Crippen LogP contribution is 2.17. The largest absolute Gasteiger partial charge is 0.352 e. The predicted molar refractivity (Wildman–Crippen MR) is 109 cm³/mol. The maximum absolute atomic E-state index is 14.0. The summed E-state index contributed by atoms with van der Waals surface area (Å²) in [6.45, 7) is 5.84. The minimum atomic E-state index is -0.641. The van der Waals surface area contributed by atoms with Crippen LogP contribution in [0.5, 0.6) is 0 Å². The maximum atomic E-state index is 14.0. The van der Waals surface area contributed by atoms with Crippen LogP contribution in [-0.2, 0) is 22.6 Å². The predicted octanol–water partition coefficient (Wildman–Crippen LogP) is 4.35. The number of carbonyl (C=O) groups is 2. The SMILES string of the molecule is CCC(C(=O)NC(C)C)N(Cc1ccc(Cl)cc1)C(=O)Cc1ccccc1F. The van der Waals surface area contributed by atoms with Crippen LogP contribution in [0.2, 0.25) is 5.02 Å². The van der Waals surface area contributed by atoms with Gasteiger partial charge in [0.15, 0.2) is 0 Å². The molecule has 1 unspecified atom stereocenters. The third-order valence-electron chi connectivity index (χ3n) is 4.38. The molecule has 1 atom stereocenters. The van der Waals surface area contributed by atoms with Crippen LogP contribution in [0.25, 0.3) is 0 Å². The van der Waals surface area contributed by atoms with Crippen LogP contribution in [-0.4, -0.2) is 28.8 Å². The van der Waals surface area contributed by atoms with Gasteiger partial charge in [-0.05, 0) is 49.6 Å². The molecular formula is C22H26ClFN2O2. The third-order valence-corrected chi connectivity index (χ3v) is 4.63. The van der Waals surface area contributed by atoms with Gasteiger partial charge < -0.3 is 10.2 Å². The molecule has 0 spiro atoms. The fourth-order valence-electron chi connectivity index (χ4n) is 2.99. The van der Waals surface area contributed by atoms with Gasteiger partial charge in [0.05, 0.1) is 6.42 Å². The fraction of sp³-hybridized carbons (Fsp3) is 0.364. The second-order valence-corrected chi connectivity index (χ2v) is 7.44. The number of nitrogens with zero attached hydrogens (tertiary/aromatic N) is 1. The van der Waals surface area contributed by atoms with E-state index in [9.17, 15) is 14.0 Å². The van der Waals surface area contributed by atoms with Gasteiger partial charge in [0.25, 0.3) is 0 Å². The first-order chi connectivity index (χ1) is 13.3. The van der Waals surface area contributed by atoms with Gasteiger partial charge in [-0.15, -0.1) is 0 Å². The van der Waals surface area contributed by atoms with Gasteiger partial charge in [-0.3, -0.25) is 9.59 Å². The molecule has 0 saturated carbocycles. The Morgan fingerprint density at radius 2 is 1.75 bits per heavy atom. The highest BCUT2D eigenvalue weighted by Gasteiger charge is 2.29. The molecule has 0 bridgehead atoms. The molecule has 6 heteroatoms. The van der Waals surface area contributed by atoms with Gasteiger partial charge in [-0.25, -0.2) is 4.39 Å². The summed E-state index contributed by atoms with van der Waals surface area (Å²) in [5.41, 5.74) is 1.16. The Morgan fingerprint density at radius 1 is 1.11 bits per heavy atom. The van der Waals surface area contributed by atoms with Crippen LogP contribution >= 0.6 is 11.6 Å². The average Bonchev–Trinajstić information content (AvgIpc) is 2.64. The summed E-state index contributed by atoms with van der Waals surface area (Å²) in [6.07, 6.45) is 0.348. The monoisotopic (exact) mass is 404 g/mol. The van der Waals surface area contributed by atoms with Crippen LogP contribution in [0.15, 0.2) is 48.5 Å². The lowest BCUT2D eigenvalue weighted by atomic mass is 10.1. The summed E-state index contributed by atoms with van der Waals surface area (Å²) >= 11 is 5.95. The number of benzene rings is 2. The van der Waals surface area contributed by atoms with Gasteiger partial charge in [0.2, 0.25) is 11.8 Å². The van der Waals surface area contributed by atoms with E-state index in [2.05, 4.69) is 5.32 Å². The summed E-state index contributed by atoms with van der Waals surface area (Å²) in [5.74, 6) is -0.943. The zero-order valence-corrected chi connectivity index (χ0v) is 17.2. The molecule has 28 heavy (non-hydrogen) atoms. The molecule has 2 aromatic rings. The average molecular weight is 405 g/mol. The van der Waals surface area contributed by atoms with E-state index in [0.29, 0.717) is 17.0 Å². The van der Waals surface area contributed by atoms with Crippen molar-refractivity contribution in [3.63, 3.8) is 0 Å². The van der Waals surface area contributed by atoms with Crippen molar-refractivity contribution >= 4 is 23.4 Å². The Bertz CT molecular complexity index is 808. The van der Waals surface area contributed by atoms with Gasteiger partial charge in [-0.2, -0.15) is 0 Å². The van der Waals surface area contributed by atoms with Crippen molar-refractivity contribution in [3.05, 3.63) is 70.5 Å². The number of hydrogen-bond acceptors (Lipinski definition) is 2. The minimum absolute atomic E-state index is 0.0411. The zero-order valence-electron chi connectivity index (χ0n) is 16.4. The van der Waals surface area contributed by atoms with E-state index in [4.69, 9.17) is 11.6 Å². The molecule has 2 aromatic carbocycles. The molecule has 0 aliphatic heterocycles. The Balaban J connectivity index is 2.30. The van der Waals surface area contributed by atoms with Crippen molar-refractivity contribution in [2.45, 2.75) is 52.2 Å². The Hall–Kier alpha value is -2.40. The van der Waals surface area contributed by atoms with E-state index in [0.717, 1.165) is 5.56 Å². The molecule has 0 radical (unpaired) electrons. The topological polar surface area (TPSA) is 49.4 Å². The number of carbonyl (C=O) groups excluding carboxylic acids is 2. The Labute approximate surface area is 170 Å². The normalized spacial score (nSPS) is 11.9. The maximum Gasteiger partial charge on any atom is 0.243 e. The first kappa shape index (κ1) is 21.9. The highest BCUT2D eigenvalue weighted by molar-refractivity contribution is 6.30. The zero-order chi connectivity index (χ0) is 20.7. The summed E-state index contributed by atoms with van der Waals surface area (Å²) in [7, 11) is 0. The van der Waals surface area contributed by atoms with Gasteiger partial charge in [0.1, 0.15) is 11.9 Å². The number of nitrogens with one attached hydrogen (secondary N) is 1. The van der Waals surface area contributed by atoms with Crippen LogP contribution in [0, 0.1) is 5.82 Å². The lowest BCUT2D eigenvalue weighted by Gasteiger charge is -2.31. The second kappa shape index (κ2) is 10.2. The molecular weight excluding hydrogens is 379 g/mol. The van der Waals surface area contributed by atoms with Gasteiger partial charge in [-0.1, -0.05) is 48.9 Å². The molecule has 0 heterocycles. The molecule has 0 aromatic heterocycles. The first-order valence-electron chi connectivity index (χ1n) is 9.39. The molecule has 2 amide bonds. The lowest BCUT2D eigenvalue weighted by Crippen LogP contribution is -2.50. The van der Waals surface area contributed by atoms with Crippen molar-refractivity contribution in [3.8, 4) is 0 Å². The molecule has 0 saturated heterocycles. The molecule has 0 fully saturated rings. The van der Waals surface area contributed by atoms with Gasteiger partial charge in [0, 0.05) is 17.6 Å². The van der Waals surface area contributed by atoms with Crippen molar-refractivity contribution in [1.82, 2.24) is 10.2 Å².